The predicted molar refractivity (Wildman–Crippen MR) is 52.1 cm³/mol. The Balaban J connectivity index is 2.55. The number of primary amides is 1. The van der Waals surface area contributed by atoms with Gasteiger partial charge in [-0.15, -0.1) is 0 Å². The van der Waals surface area contributed by atoms with Crippen LogP contribution in [0.1, 0.15) is 26.7 Å². The minimum absolute atomic E-state index is 0.0355. The van der Waals surface area contributed by atoms with Crippen LogP contribution in [0.5, 0.6) is 0 Å². The largest absolute Gasteiger partial charge is 0.368 e. The molecule has 0 radical (unpaired) electrons. The van der Waals surface area contributed by atoms with Crippen molar-refractivity contribution in [2.45, 2.75) is 38.3 Å². The van der Waals surface area contributed by atoms with Crippen LogP contribution in [0.2, 0.25) is 0 Å². The van der Waals surface area contributed by atoms with Gasteiger partial charge in [-0.2, -0.15) is 0 Å². The van der Waals surface area contributed by atoms with Gasteiger partial charge >= 0.3 is 0 Å². The van der Waals surface area contributed by atoms with E-state index in [4.69, 9.17) is 11.5 Å². The summed E-state index contributed by atoms with van der Waals surface area (Å²) in [4.78, 5) is 22.1. The maximum Gasteiger partial charge on any atom is 0.234 e. The zero-order valence-corrected chi connectivity index (χ0v) is 8.54. The van der Waals surface area contributed by atoms with E-state index in [0.717, 1.165) is 0 Å². The normalized spacial score (nSPS) is 27.1. The molecule has 14 heavy (non-hydrogen) atoms. The van der Waals surface area contributed by atoms with Crippen molar-refractivity contribution in [2.24, 2.45) is 17.4 Å². The van der Waals surface area contributed by atoms with Gasteiger partial charge in [0, 0.05) is 11.5 Å². The highest BCUT2D eigenvalue weighted by atomic mass is 16.2. The minimum Gasteiger partial charge on any atom is -0.368 e. The summed E-state index contributed by atoms with van der Waals surface area (Å²) in [6, 6.07) is -0.723. The Morgan fingerprint density at radius 2 is 2.29 bits per heavy atom. The lowest BCUT2D eigenvalue weighted by atomic mass is 9.92. The molecule has 1 heterocycles. The quantitative estimate of drug-likeness (QED) is 0.549. The maximum absolute atomic E-state index is 11.4. The van der Waals surface area contributed by atoms with E-state index in [2.05, 4.69) is 5.32 Å². The van der Waals surface area contributed by atoms with Crippen molar-refractivity contribution in [2.75, 3.05) is 0 Å². The average molecular weight is 199 g/mol. The molecule has 2 unspecified atom stereocenters. The molecule has 0 aromatic rings. The number of hydrogen-bond acceptors (Lipinski definition) is 3. The maximum atomic E-state index is 11.4. The average Bonchev–Trinajstić information content (AvgIpc) is 2.24. The van der Waals surface area contributed by atoms with Gasteiger partial charge in [-0.1, -0.05) is 0 Å². The van der Waals surface area contributed by atoms with Crippen LogP contribution in [-0.2, 0) is 9.59 Å². The second kappa shape index (κ2) is 3.57. The van der Waals surface area contributed by atoms with E-state index in [0.29, 0.717) is 12.8 Å². The molecular formula is C9H17N3O2. The van der Waals surface area contributed by atoms with Crippen LogP contribution in [0.3, 0.4) is 0 Å². The number of rotatable bonds is 3. The van der Waals surface area contributed by atoms with Crippen molar-refractivity contribution in [1.29, 1.82) is 0 Å². The topological polar surface area (TPSA) is 98.2 Å². The molecular weight excluding hydrogens is 182 g/mol. The molecule has 0 aromatic carbocycles. The molecule has 1 aliphatic heterocycles. The molecule has 0 saturated carbocycles. The Morgan fingerprint density at radius 3 is 2.64 bits per heavy atom. The summed E-state index contributed by atoms with van der Waals surface area (Å²) >= 11 is 0. The summed E-state index contributed by atoms with van der Waals surface area (Å²) in [5.41, 5.74) is 10.3. The molecule has 5 N–H and O–H groups in total. The fourth-order valence-corrected chi connectivity index (χ4v) is 1.81. The highest BCUT2D eigenvalue weighted by molar-refractivity contribution is 5.84. The lowest BCUT2D eigenvalue weighted by Crippen LogP contribution is -2.39. The van der Waals surface area contributed by atoms with Gasteiger partial charge in [0.2, 0.25) is 11.8 Å². The van der Waals surface area contributed by atoms with Crippen LogP contribution in [0.15, 0.2) is 0 Å². The summed E-state index contributed by atoms with van der Waals surface area (Å²) in [7, 11) is 0. The van der Waals surface area contributed by atoms with Crippen molar-refractivity contribution in [3.63, 3.8) is 0 Å². The lowest BCUT2D eigenvalue weighted by Gasteiger charge is -2.16. The summed E-state index contributed by atoms with van der Waals surface area (Å²) in [6.45, 7) is 3.89. The zero-order chi connectivity index (χ0) is 10.9. The monoisotopic (exact) mass is 199 g/mol. The molecule has 5 nitrogen and oxygen atoms in total. The number of carbonyl (C=O) groups is 2. The van der Waals surface area contributed by atoms with Gasteiger partial charge in [-0.25, -0.2) is 0 Å². The number of nitrogens with two attached hydrogens (primary N) is 2. The second-order valence-electron chi connectivity index (χ2n) is 4.52. The third-order valence-electron chi connectivity index (χ3n) is 2.49. The first kappa shape index (κ1) is 11.0. The van der Waals surface area contributed by atoms with Crippen LogP contribution in [0.4, 0.5) is 0 Å². The number of hydrogen-bond donors (Lipinski definition) is 3. The lowest BCUT2D eigenvalue weighted by molar-refractivity contribution is -0.123. The molecule has 80 valence electrons. The van der Waals surface area contributed by atoms with Crippen molar-refractivity contribution in [3.8, 4) is 0 Å². The first-order chi connectivity index (χ1) is 6.32. The number of carbonyl (C=O) groups excluding carboxylic acids is 2. The molecule has 0 bridgehead atoms. The molecule has 0 aliphatic carbocycles. The Hall–Kier alpha value is -1.10. The Morgan fingerprint density at radius 1 is 1.71 bits per heavy atom. The summed E-state index contributed by atoms with van der Waals surface area (Å²) in [6.07, 6.45) is 1.04. The SMILES string of the molecule is CC1(C)CC(CC(N)C(N)=O)C(=O)N1. The van der Waals surface area contributed by atoms with Crippen molar-refractivity contribution < 1.29 is 9.59 Å². The van der Waals surface area contributed by atoms with Gasteiger partial charge in [0.25, 0.3) is 0 Å². The summed E-state index contributed by atoms with van der Waals surface area (Å²) < 4.78 is 0. The highest BCUT2D eigenvalue weighted by Crippen LogP contribution is 2.27. The van der Waals surface area contributed by atoms with Gasteiger partial charge in [-0.05, 0) is 26.7 Å². The molecule has 1 aliphatic rings. The molecule has 1 saturated heterocycles. The van der Waals surface area contributed by atoms with Crippen LogP contribution in [-0.4, -0.2) is 23.4 Å². The first-order valence-electron chi connectivity index (χ1n) is 4.69. The van der Waals surface area contributed by atoms with E-state index < -0.39 is 11.9 Å². The van der Waals surface area contributed by atoms with Crippen LogP contribution >= 0.6 is 0 Å². The van der Waals surface area contributed by atoms with Crippen molar-refractivity contribution >= 4 is 11.8 Å². The molecule has 0 spiro atoms. The Labute approximate surface area is 83.2 Å². The number of nitrogens with one attached hydrogen (secondary N) is 1. The third-order valence-corrected chi connectivity index (χ3v) is 2.49. The predicted octanol–water partition coefficient (Wildman–Crippen LogP) is -0.896. The highest BCUT2D eigenvalue weighted by Gasteiger charge is 2.38. The molecule has 0 aromatic heterocycles. The van der Waals surface area contributed by atoms with E-state index >= 15 is 0 Å². The Kier molecular flexibility index (Phi) is 2.80. The van der Waals surface area contributed by atoms with E-state index in [9.17, 15) is 9.59 Å². The van der Waals surface area contributed by atoms with E-state index in [1.54, 1.807) is 0 Å². The third kappa shape index (κ3) is 2.45. The van der Waals surface area contributed by atoms with Gasteiger partial charge in [0.1, 0.15) is 0 Å². The fraction of sp³-hybridized carbons (Fsp3) is 0.778. The summed E-state index contributed by atoms with van der Waals surface area (Å²) in [5, 5.41) is 2.84. The summed E-state index contributed by atoms with van der Waals surface area (Å²) in [5.74, 6) is -0.776. The van der Waals surface area contributed by atoms with Crippen molar-refractivity contribution in [1.82, 2.24) is 5.32 Å². The zero-order valence-electron chi connectivity index (χ0n) is 8.54. The smallest absolute Gasteiger partial charge is 0.234 e. The standard InChI is InChI=1S/C9H17N3O2/c1-9(2)4-5(8(14)12-9)3-6(10)7(11)13/h5-6H,3-4,10H2,1-2H3,(H2,11,13)(H,12,14). The fourth-order valence-electron chi connectivity index (χ4n) is 1.81. The van der Waals surface area contributed by atoms with Gasteiger partial charge in [0.15, 0.2) is 0 Å². The van der Waals surface area contributed by atoms with E-state index in [-0.39, 0.29) is 17.4 Å². The van der Waals surface area contributed by atoms with Crippen LogP contribution in [0, 0.1) is 5.92 Å². The first-order valence-corrected chi connectivity index (χ1v) is 4.69. The number of amides is 2. The molecule has 5 heteroatoms. The van der Waals surface area contributed by atoms with Gasteiger partial charge in [-0.3, -0.25) is 9.59 Å². The molecule has 2 amide bonds. The van der Waals surface area contributed by atoms with Crippen LogP contribution in [0.25, 0.3) is 0 Å². The molecule has 2 atom stereocenters. The van der Waals surface area contributed by atoms with Gasteiger partial charge in [0.05, 0.1) is 6.04 Å². The molecule has 1 rings (SSSR count). The van der Waals surface area contributed by atoms with Gasteiger partial charge < -0.3 is 16.8 Å². The molecule has 1 fully saturated rings. The minimum atomic E-state index is -0.723. The Bertz CT molecular complexity index is 263. The second-order valence-corrected chi connectivity index (χ2v) is 4.52. The van der Waals surface area contributed by atoms with E-state index in [1.165, 1.54) is 0 Å². The van der Waals surface area contributed by atoms with Crippen LogP contribution < -0.4 is 16.8 Å². The van der Waals surface area contributed by atoms with Crippen molar-refractivity contribution in [3.05, 3.63) is 0 Å². The van der Waals surface area contributed by atoms with E-state index in [1.807, 2.05) is 13.8 Å².